The van der Waals surface area contributed by atoms with E-state index in [9.17, 15) is 9.59 Å². The maximum atomic E-state index is 12.9. The van der Waals surface area contributed by atoms with Gasteiger partial charge < -0.3 is 10.2 Å². The van der Waals surface area contributed by atoms with Gasteiger partial charge in [0.2, 0.25) is 5.91 Å². The van der Waals surface area contributed by atoms with Gasteiger partial charge in [-0.3, -0.25) is 19.6 Å². The Morgan fingerprint density at radius 2 is 2.17 bits per heavy atom. The first-order chi connectivity index (χ1) is 11.5. The van der Waals surface area contributed by atoms with Crippen molar-refractivity contribution in [3.63, 3.8) is 0 Å². The van der Waals surface area contributed by atoms with E-state index in [1.165, 1.54) is 13.1 Å². The molecule has 1 unspecified atom stereocenters. The van der Waals surface area contributed by atoms with Crippen LogP contribution in [-0.4, -0.2) is 38.2 Å². The third-order valence-corrected chi connectivity index (χ3v) is 3.94. The summed E-state index contributed by atoms with van der Waals surface area (Å²) in [5.74, 6) is 0.0652. The van der Waals surface area contributed by atoms with Gasteiger partial charge in [-0.2, -0.15) is 0 Å². The van der Waals surface area contributed by atoms with Crippen molar-refractivity contribution in [2.75, 3.05) is 11.9 Å². The SMILES string of the molecule is CC(=O)Nc1cc(C(=O)N2CCCC2c2cncc(C)n2)ccn1. The monoisotopic (exact) mass is 325 g/mol. The van der Waals surface area contributed by atoms with Crippen LogP contribution in [0.5, 0.6) is 0 Å². The zero-order chi connectivity index (χ0) is 17.1. The lowest BCUT2D eigenvalue weighted by atomic mass is 10.1. The summed E-state index contributed by atoms with van der Waals surface area (Å²) in [4.78, 5) is 38.6. The van der Waals surface area contributed by atoms with Crippen LogP contribution >= 0.6 is 0 Å². The Balaban J connectivity index is 1.85. The number of hydrogen-bond acceptors (Lipinski definition) is 5. The minimum Gasteiger partial charge on any atom is -0.330 e. The molecule has 124 valence electrons. The van der Waals surface area contributed by atoms with Crippen LogP contribution in [0.15, 0.2) is 30.7 Å². The van der Waals surface area contributed by atoms with Gasteiger partial charge in [0.05, 0.1) is 23.6 Å². The first kappa shape index (κ1) is 16.0. The number of pyridine rings is 1. The Kier molecular flexibility index (Phi) is 4.50. The lowest BCUT2D eigenvalue weighted by Crippen LogP contribution is -2.31. The third kappa shape index (κ3) is 3.40. The predicted octanol–water partition coefficient (Wildman–Crippen LogP) is 2.12. The Morgan fingerprint density at radius 3 is 2.92 bits per heavy atom. The molecule has 7 nitrogen and oxygen atoms in total. The molecule has 2 aromatic heterocycles. The van der Waals surface area contributed by atoms with E-state index in [1.807, 2.05) is 11.8 Å². The summed E-state index contributed by atoms with van der Waals surface area (Å²) >= 11 is 0. The minimum atomic E-state index is -0.221. The molecular weight excluding hydrogens is 306 g/mol. The summed E-state index contributed by atoms with van der Waals surface area (Å²) < 4.78 is 0. The van der Waals surface area contributed by atoms with E-state index in [1.54, 1.807) is 24.5 Å². The second-order valence-electron chi connectivity index (χ2n) is 5.85. The fraction of sp³-hybridized carbons (Fsp3) is 0.353. The highest BCUT2D eigenvalue weighted by Gasteiger charge is 2.32. The van der Waals surface area contributed by atoms with E-state index in [-0.39, 0.29) is 17.9 Å². The first-order valence-electron chi connectivity index (χ1n) is 7.88. The number of aromatic nitrogens is 3. The van der Waals surface area contributed by atoms with Crippen molar-refractivity contribution in [3.05, 3.63) is 47.7 Å². The van der Waals surface area contributed by atoms with Crippen LogP contribution in [0, 0.1) is 6.92 Å². The van der Waals surface area contributed by atoms with Gasteiger partial charge in [0, 0.05) is 31.4 Å². The highest BCUT2D eigenvalue weighted by molar-refractivity contribution is 5.96. The van der Waals surface area contributed by atoms with Gasteiger partial charge in [-0.25, -0.2) is 4.98 Å². The minimum absolute atomic E-state index is 0.0673. The highest BCUT2D eigenvalue weighted by Crippen LogP contribution is 2.32. The average Bonchev–Trinajstić information content (AvgIpc) is 3.03. The average molecular weight is 325 g/mol. The number of anilines is 1. The molecule has 3 rings (SSSR count). The van der Waals surface area contributed by atoms with Crippen LogP contribution in [0.3, 0.4) is 0 Å². The molecule has 2 aromatic rings. The molecule has 7 heteroatoms. The van der Waals surface area contributed by atoms with Gasteiger partial charge in [-0.15, -0.1) is 0 Å². The molecule has 1 atom stereocenters. The largest absolute Gasteiger partial charge is 0.330 e. The second-order valence-corrected chi connectivity index (χ2v) is 5.85. The third-order valence-electron chi connectivity index (χ3n) is 3.94. The fourth-order valence-electron chi connectivity index (χ4n) is 2.94. The molecular formula is C17H19N5O2. The number of nitrogens with zero attached hydrogens (tertiary/aromatic N) is 4. The Morgan fingerprint density at radius 1 is 1.33 bits per heavy atom. The van der Waals surface area contributed by atoms with Crippen molar-refractivity contribution >= 4 is 17.6 Å². The Bertz CT molecular complexity index is 777. The summed E-state index contributed by atoms with van der Waals surface area (Å²) in [5.41, 5.74) is 2.15. The van der Waals surface area contributed by atoms with Crippen LogP contribution in [0.2, 0.25) is 0 Å². The van der Waals surface area contributed by atoms with E-state index in [2.05, 4.69) is 20.3 Å². The molecule has 24 heavy (non-hydrogen) atoms. The molecule has 1 fully saturated rings. The first-order valence-corrected chi connectivity index (χ1v) is 7.88. The summed E-state index contributed by atoms with van der Waals surface area (Å²) in [6, 6.07) is 3.19. The van der Waals surface area contributed by atoms with Gasteiger partial charge in [0.1, 0.15) is 5.82 Å². The van der Waals surface area contributed by atoms with Crippen molar-refractivity contribution in [2.45, 2.75) is 32.7 Å². The van der Waals surface area contributed by atoms with Crippen molar-refractivity contribution in [1.29, 1.82) is 0 Å². The zero-order valence-electron chi connectivity index (χ0n) is 13.7. The van der Waals surface area contributed by atoms with E-state index in [4.69, 9.17) is 0 Å². The number of hydrogen-bond donors (Lipinski definition) is 1. The van der Waals surface area contributed by atoms with E-state index < -0.39 is 0 Å². The molecule has 1 aliphatic heterocycles. The van der Waals surface area contributed by atoms with Crippen LogP contribution in [-0.2, 0) is 4.79 Å². The zero-order valence-corrected chi connectivity index (χ0v) is 13.7. The Labute approximate surface area is 140 Å². The van der Waals surface area contributed by atoms with Crippen LogP contribution in [0.4, 0.5) is 5.82 Å². The molecule has 1 N–H and O–H groups in total. The summed E-state index contributed by atoms with van der Waals surface area (Å²) in [7, 11) is 0. The molecule has 1 aliphatic rings. The lowest BCUT2D eigenvalue weighted by molar-refractivity contribution is -0.114. The highest BCUT2D eigenvalue weighted by atomic mass is 16.2. The fourth-order valence-corrected chi connectivity index (χ4v) is 2.94. The van der Waals surface area contributed by atoms with Crippen LogP contribution < -0.4 is 5.32 Å². The van der Waals surface area contributed by atoms with Gasteiger partial charge in [0.25, 0.3) is 5.91 Å². The van der Waals surface area contributed by atoms with E-state index in [0.717, 1.165) is 24.2 Å². The van der Waals surface area contributed by atoms with E-state index in [0.29, 0.717) is 17.9 Å². The number of rotatable bonds is 3. The van der Waals surface area contributed by atoms with E-state index >= 15 is 0 Å². The predicted molar refractivity (Wildman–Crippen MR) is 88.3 cm³/mol. The van der Waals surface area contributed by atoms with Crippen molar-refractivity contribution in [3.8, 4) is 0 Å². The normalized spacial score (nSPS) is 16.9. The van der Waals surface area contributed by atoms with Gasteiger partial charge in [-0.1, -0.05) is 0 Å². The van der Waals surface area contributed by atoms with Crippen LogP contribution in [0.1, 0.15) is 47.6 Å². The maximum Gasteiger partial charge on any atom is 0.254 e. The van der Waals surface area contributed by atoms with Gasteiger partial charge in [0.15, 0.2) is 0 Å². The molecule has 0 saturated carbocycles. The van der Waals surface area contributed by atoms with Gasteiger partial charge in [-0.05, 0) is 31.9 Å². The molecule has 3 heterocycles. The summed E-state index contributed by atoms with van der Waals surface area (Å²) in [6.45, 7) is 3.97. The van der Waals surface area contributed by atoms with Crippen molar-refractivity contribution in [1.82, 2.24) is 19.9 Å². The number of likely N-dealkylation sites (tertiary alicyclic amines) is 1. The van der Waals surface area contributed by atoms with Crippen molar-refractivity contribution < 1.29 is 9.59 Å². The smallest absolute Gasteiger partial charge is 0.254 e. The number of aryl methyl sites for hydroxylation is 1. The Hall–Kier alpha value is -2.83. The molecule has 0 aromatic carbocycles. The summed E-state index contributed by atoms with van der Waals surface area (Å²) in [5, 5.41) is 2.60. The standard InChI is InChI=1S/C17H19N5O2/c1-11-9-18-10-14(20-11)15-4-3-7-22(15)17(24)13-5-6-19-16(8-13)21-12(2)23/h5-6,8-10,15H,3-4,7H2,1-2H3,(H,19,21,23). The molecule has 0 radical (unpaired) electrons. The summed E-state index contributed by atoms with van der Waals surface area (Å²) in [6.07, 6.45) is 6.74. The lowest BCUT2D eigenvalue weighted by Gasteiger charge is -2.24. The molecule has 2 amide bonds. The number of amides is 2. The topological polar surface area (TPSA) is 88.1 Å². The van der Waals surface area contributed by atoms with Crippen LogP contribution in [0.25, 0.3) is 0 Å². The van der Waals surface area contributed by atoms with Gasteiger partial charge >= 0.3 is 0 Å². The molecule has 0 spiro atoms. The number of nitrogens with one attached hydrogen (secondary N) is 1. The number of carbonyl (C=O) groups excluding carboxylic acids is 2. The number of carbonyl (C=O) groups is 2. The molecule has 1 saturated heterocycles. The quantitative estimate of drug-likeness (QED) is 0.934. The molecule has 0 aliphatic carbocycles. The second kappa shape index (κ2) is 6.74. The van der Waals surface area contributed by atoms with Crippen molar-refractivity contribution in [2.24, 2.45) is 0 Å². The maximum absolute atomic E-state index is 12.9. The molecule has 0 bridgehead atoms.